The molecule has 4 N–H and O–H groups in total. The molecule has 0 saturated carbocycles. The summed E-state index contributed by atoms with van der Waals surface area (Å²) < 4.78 is 0. The number of aromatic nitrogens is 1. The second-order valence-electron chi connectivity index (χ2n) is 5.10. The van der Waals surface area contributed by atoms with Crippen LogP contribution in [0.2, 0.25) is 0 Å². The largest absolute Gasteiger partial charge is 0.348 e. The molecule has 3 rings (SSSR count). The van der Waals surface area contributed by atoms with Gasteiger partial charge in [0.2, 0.25) is 0 Å². The van der Waals surface area contributed by atoms with Crippen LogP contribution in [-0.4, -0.2) is 28.4 Å². The molecule has 0 aliphatic carbocycles. The number of pyridine rings is 1. The Balaban J connectivity index is 1.91. The van der Waals surface area contributed by atoms with Gasteiger partial charge in [0, 0.05) is 23.4 Å². The molecule has 1 aromatic carbocycles. The first kappa shape index (κ1) is 14.2. The van der Waals surface area contributed by atoms with Crippen molar-refractivity contribution >= 4 is 34.3 Å². The fourth-order valence-electron chi connectivity index (χ4n) is 2.61. The number of hydrazine groups is 1. The summed E-state index contributed by atoms with van der Waals surface area (Å²) in [5.41, 5.74) is 3.17. The van der Waals surface area contributed by atoms with E-state index in [0.29, 0.717) is 11.4 Å². The molecule has 0 bridgehead atoms. The van der Waals surface area contributed by atoms with Crippen LogP contribution in [0.1, 0.15) is 23.2 Å². The van der Waals surface area contributed by atoms with Crippen molar-refractivity contribution in [2.75, 3.05) is 16.9 Å². The van der Waals surface area contributed by atoms with Crippen LogP contribution in [0.5, 0.6) is 0 Å². The number of nitrogen functional groups attached to an aromatic ring is 1. The van der Waals surface area contributed by atoms with Crippen LogP contribution in [0.3, 0.4) is 0 Å². The average Bonchev–Trinajstić information content (AvgIpc) is 2.54. The topological polar surface area (TPSA) is 80.0 Å². The molecule has 21 heavy (non-hydrogen) atoms. The molecule has 1 saturated heterocycles. The first-order valence-corrected chi connectivity index (χ1v) is 8.18. The van der Waals surface area contributed by atoms with E-state index >= 15 is 0 Å². The molecule has 1 aliphatic heterocycles. The summed E-state index contributed by atoms with van der Waals surface area (Å²) in [7, 11) is 0. The minimum atomic E-state index is -0.0604. The van der Waals surface area contributed by atoms with Gasteiger partial charge < -0.3 is 10.7 Å². The number of nitrogens with one attached hydrogen (secondary N) is 2. The second-order valence-corrected chi connectivity index (χ2v) is 6.25. The number of amides is 1. The maximum absolute atomic E-state index is 12.5. The first-order chi connectivity index (χ1) is 10.3. The Kier molecular flexibility index (Phi) is 4.26. The number of nitrogens with two attached hydrogens (primary N) is 1. The maximum Gasteiger partial charge on any atom is 0.253 e. The lowest BCUT2D eigenvalue weighted by atomic mass is 10.1. The molecule has 1 aromatic heterocycles. The molecular weight excluding hydrogens is 284 g/mol. The van der Waals surface area contributed by atoms with Gasteiger partial charge >= 0.3 is 0 Å². The minimum absolute atomic E-state index is 0.0604. The third kappa shape index (κ3) is 2.96. The quantitative estimate of drug-likeness (QED) is 0.598. The highest BCUT2D eigenvalue weighted by molar-refractivity contribution is 7.99. The van der Waals surface area contributed by atoms with Gasteiger partial charge in [0.15, 0.2) is 0 Å². The summed E-state index contributed by atoms with van der Waals surface area (Å²) in [6, 6.07) is 7.90. The van der Waals surface area contributed by atoms with Gasteiger partial charge in [-0.2, -0.15) is 11.8 Å². The second kappa shape index (κ2) is 6.32. The third-order valence-corrected chi connectivity index (χ3v) is 4.89. The SMILES string of the molecule is NNc1ncc(C(=O)NC2CCCSC2)c2ccccc12. The molecule has 0 spiro atoms. The summed E-state index contributed by atoms with van der Waals surface area (Å²) >= 11 is 1.89. The molecule has 5 nitrogen and oxygen atoms in total. The number of hydrogen-bond acceptors (Lipinski definition) is 5. The molecule has 1 atom stereocenters. The lowest BCUT2D eigenvalue weighted by Gasteiger charge is -2.22. The number of fused-ring (bicyclic) bond motifs is 1. The molecule has 1 aliphatic rings. The van der Waals surface area contributed by atoms with Gasteiger partial charge in [0.1, 0.15) is 5.82 Å². The van der Waals surface area contributed by atoms with E-state index in [4.69, 9.17) is 5.84 Å². The Morgan fingerprint density at radius 1 is 1.33 bits per heavy atom. The first-order valence-electron chi connectivity index (χ1n) is 7.02. The number of anilines is 1. The van der Waals surface area contributed by atoms with Gasteiger partial charge in [-0.1, -0.05) is 24.3 Å². The number of thioether (sulfide) groups is 1. The maximum atomic E-state index is 12.5. The molecule has 110 valence electrons. The van der Waals surface area contributed by atoms with Crippen LogP contribution in [0, 0.1) is 0 Å². The monoisotopic (exact) mass is 302 g/mol. The zero-order valence-electron chi connectivity index (χ0n) is 11.6. The zero-order valence-corrected chi connectivity index (χ0v) is 12.5. The zero-order chi connectivity index (χ0) is 14.7. The summed E-state index contributed by atoms with van der Waals surface area (Å²) in [5.74, 6) is 8.17. The summed E-state index contributed by atoms with van der Waals surface area (Å²) in [6.45, 7) is 0. The lowest BCUT2D eigenvalue weighted by molar-refractivity contribution is 0.0940. The number of nitrogens with zero attached hydrogens (tertiary/aromatic N) is 1. The van der Waals surface area contributed by atoms with Crippen LogP contribution in [-0.2, 0) is 0 Å². The summed E-state index contributed by atoms with van der Waals surface area (Å²) in [6.07, 6.45) is 3.79. The van der Waals surface area contributed by atoms with Gasteiger partial charge in [-0.3, -0.25) is 4.79 Å². The van der Waals surface area contributed by atoms with Gasteiger partial charge in [0.05, 0.1) is 5.56 Å². The van der Waals surface area contributed by atoms with Crippen molar-refractivity contribution in [3.63, 3.8) is 0 Å². The Bertz CT molecular complexity index is 655. The Hall–Kier alpha value is -1.79. The molecule has 0 radical (unpaired) electrons. The molecular formula is C15H18N4OS. The van der Waals surface area contributed by atoms with E-state index in [1.807, 2.05) is 36.0 Å². The van der Waals surface area contributed by atoms with Crippen LogP contribution < -0.4 is 16.6 Å². The highest BCUT2D eigenvalue weighted by Crippen LogP contribution is 2.24. The van der Waals surface area contributed by atoms with Crippen molar-refractivity contribution in [2.24, 2.45) is 5.84 Å². The van der Waals surface area contributed by atoms with Gasteiger partial charge in [-0.05, 0) is 24.0 Å². The van der Waals surface area contributed by atoms with Crippen molar-refractivity contribution in [3.05, 3.63) is 36.0 Å². The van der Waals surface area contributed by atoms with Crippen molar-refractivity contribution < 1.29 is 4.79 Å². The highest BCUT2D eigenvalue weighted by Gasteiger charge is 2.19. The van der Waals surface area contributed by atoms with Crippen molar-refractivity contribution in [2.45, 2.75) is 18.9 Å². The van der Waals surface area contributed by atoms with E-state index in [1.54, 1.807) is 6.20 Å². The molecule has 2 aromatic rings. The number of carbonyl (C=O) groups excluding carboxylic acids is 1. The van der Waals surface area contributed by atoms with Gasteiger partial charge in [-0.25, -0.2) is 10.8 Å². The number of hydrogen-bond donors (Lipinski definition) is 3. The predicted octanol–water partition coefficient (Wildman–Crippen LogP) is 2.15. The van der Waals surface area contributed by atoms with E-state index in [0.717, 1.165) is 29.4 Å². The van der Waals surface area contributed by atoms with Crippen LogP contribution in [0.15, 0.2) is 30.5 Å². The Morgan fingerprint density at radius 3 is 2.86 bits per heavy atom. The van der Waals surface area contributed by atoms with E-state index in [-0.39, 0.29) is 11.9 Å². The van der Waals surface area contributed by atoms with Crippen LogP contribution >= 0.6 is 11.8 Å². The molecule has 2 heterocycles. The average molecular weight is 302 g/mol. The standard InChI is InChI=1S/C15H18N4OS/c16-19-14-12-6-2-1-5-11(12)13(8-17-14)15(20)18-10-4-3-7-21-9-10/h1-2,5-6,8,10H,3-4,7,9,16H2,(H,17,19)(H,18,20). The van der Waals surface area contributed by atoms with Gasteiger partial charge in [0.25, 0.3) is 5.91 Å². The Morgan fingerprint density at radius 2 is 2.14 bits per heavy atom. The van der Waals surface area contributed by atoms with Crippen LogP contribution in [0.4, 0.5) is 5.82 Å². The predicted molar refractivity (Wildman–Crippen MR) is 87.4 cm³/mol. The highest BCUT2D eigenvalue weighted by atomic mass is 32.2. The van der Waals surface area contributed by atoms with Gasteiger partial charge in [-0.15, -0.1) is 0 Å². The smallest absolute Gasteiger partial charge is 0.253 e. The molecule has 1 unspecified atom stereocenters. The normalized spacial score (nSPS) is 18.4. The Labute approximate surface area is 127 Å². The van der Waals surface area contributed by atoms with Crippen molar-refractivity contribution in [1.29, 1.82) is 0 Å². The van der Waals surface area contributed by atoms with Crippen molar-refractivity contribution in [1.82, 2.24) is 10.3 Å². The number of benzene rings is 1. The summed E-state index contributed by atoms with van der Waals surface area (Å²) in [4.78, 5) is 16.8. The fourth-order valence-corrected chi connectivity index (χ4v) is 3.68. The third-order valence-electron chi connectivity index (χ3n) is 3.67. The summed E-state index contributed by atoms with van der Waals surface area (Å²) in [5, 5.41) is 4.83. The van der Waals surface area contributed by atoms with E-state index < -0.39 is 0 Å². The fraction of sp³-hybridized carbons (Fsp3) is 0.333. The van der Waals surface area contributed by atoms with E-state index in [9.17, 15) is 4.79 Å². The van der Waals surface area contributed by atoms with Crippen LogP contribution in [0.25, 0.3) is 10.8 Å². The molecule has 1 fully saturated rings. The number of rotatable bonds is 3. The molecule has 6 heteroatoms. The van der Waals surface area contributed by atoms with E-state index in [1.165, 1.54) is 5.75 Å². The number of carbonyl (C=O) groups is 1. The van der Waals surface area contributed by atoms with Crippen molar-refractivity contribution in [3.8, 4) is 0 Å². The molecule has 1 amide bonds. The minimum Gasteiger partial charge on any atom is -0.348 e. The van der Waals surface area contributed by atoms with E-state index in [2.05, 4.69) is 15.7 Å². The lowest BCUT2D eigenvalue weighted by Crippen LogP contribution is -2.38.